The van der Waals surface area contributed by atoms with E-state index in [1.807, 2.05) is 24.3 Å². The Morgan fingerprint density at radius 1 is 1.04 bits per heavy atom. The maximum absolute atomic E-state index is 12.9. The fourth-order valence-corrected chi connectivity index (χ4v) is 3.38. The average Bonchev–Trinajstić information content (AvgIpc) is 3.17. The Kier molecular flexibility index (Phi) is 4.20. The third-order valence-electron chi connectivity index (χ3n) is 4.45. The van der Waals surface area contributed by atoms with Gasteiger partial charge in [-0.15, -0.1) is 0 Å². The molecule has 26 heavy (non-hydrogen) atoms. The van der Waals surface area contributed by atoms with Crippen molar-refractivity contribution in [1.82, 2.24) is 5.01 Å². The van der Waals surface area contributed by atoms with Crippen LogP contribution in [0.5, 0.6) is 5.75 Å². The smallest absolute Gasteiger partial charge is 0.263 e. The van der Waals surface area contributed by atoms with E-state index in [0.717, 1.165) is 15.8 Å². The fourth-order valence-electron chi connectivity index (χ4n) is 3.12. The van der Waals surface area contributed by atoms with Crippen LogP contribution in [0.3, 0.4) is 0 Å². The van der Waals surface area contributed by atoms with Gasteiger partial charge in [-0.1, -0.05) is 33.3 Å². The van der Waals surface area contributed by atoms with Gasteiger partial charge < -0.3 is 4.74 Å². The molecule has 1 saturated heterocycles. The maximum Gasteiger partial charge on any atom is 0.263 e. The number of rotatable bonds is 4. The lowest BCUT2D eigenvalue weighted by atomic mass is 10.1. The van der Waals surface area contributed by atoms with Crippen molar-refractivity contribution < 1.29 is 14.3 Å². The maximum atomic E-state index is 12.9. The van der Waals surface area contributed by atoms with Gasteiger partial charge in [0.15, 0.2) is 12.1 Å². The molecule has 2 aliphatic heterocycles. The Morgan fingerprint density at radius 2 is 1.73 bits per heavy atom. The second-order valence-corrected chi connectivity index (χ2v) is 6.94. The van der Waals surface area contributed by atoms with E-state index in [9.17, 15) is 9.59 Å². The number of fused-ring (bicyclic) bond motifs is 1. The van der Waals surface area contributed by atoms with Crippen LogP contribution < -0.4 is 9.64 Å². The second-order valence-electron chi connectivity index (χ2n) is 6.03. The molecule has 7 nitrogen and oxygen atoms in total. The molecule has 0 saturated carbocycles. The minimum Gasteiger partial charge on any atom is -0.497 e. The fraction of sp³-hybridized carbons (Fsp3) is 0.222. The minimum absolute atomic E-state index is 0.305. The zero-order chi connectivity index (χ0) is 18.3. The molecule has 2 atom stereocenters. The monoisotopic (exact) mass is 414 g/mol. The van der Waals surface area contributed by atoms with Crippen LogP contribution in [-0.4, -0.2) is 36.0 Å². The largest absolute Gasteiger partial charge is 0.497 e. The summed E-state index contributed by atoms with van der Waals surface area (Å²) in [5.74, 6) is 0.104. The van der Waals surface area contributed by atoms with Gasteiger partial charge in [0.1, 0.15) is 5.75 Å². The first-order valence-electron chi connectivity index (χ1n) is 8.02. The zero-order valence-corrected chi connectivity index (χ0v) is 15.5. The summed E-state index contributed by atoms with van der Waals surface area (Å²) < 4.78 is 6.02. The highest BCUT2D eigenvalue weighted by Crippen LogP contribution is 2.33. The lowest BCUT2D eigenvalue weighted by molar-refractivity contribution is -0.123. The summed E-state index contributed by atoms with van der Waals surface area (Å²) in [6.07, 6.45) is 0. The van der Waals surface area contributed by atoms with Crippen molar-refractivity contribution in [2.75, 3.05) is 12.0 Å². The lowest BCUT2D eigenvalue weighted by Gasteiger charge is -2.20. The third-order valence-corrected chi connectivity index (χ3v) is 4.98. The quantitative estimate of drug-likeness (QED) is 0.720. The molecule has 8 heteroatoms. The topological polar surface area (TPSA) is 74.6 Å². The average molecular weight is 415 g/mol. The number of anilines is 1. The number of hydrogen-bond donors (Lipinski definition) is 0. The summed E-state index contributed by atoms with van der Waals surface area (Å²) in [5.41, 5.74) is 1.49. The van der Waals surface area contributed by atoms with Gasteiger partial charge in [-0.2, -0.15) is 5.11 Å². The van der Waals surface area contributed by atoms with Gasteiger partial charge in [0.2, 0.25) is 0 Å². The van der Waals surface area contributed by atoms with E-state index in [0.29, 0.717) is 12.2 Å². The Labute approximate surface area is 158 Å². The Balaban J connectivity index is 1.56. The summed E-state index contributed by atoms with van der Waals surface area (Å²) in [7, 11) is 1.60. The molecule has 4 rings (SSSR count). The molecular formula is C18H15BrN4O3. The van der Waals surface area contributed by atoms with Crippen molar-refractivity contribution in [2.45, 2.75) is 18.6 Å². The first-order chi connectivity index (χ1) is 12.6. The molecule has 0 N–H and O–H groups in total. The molecule has 2 amide bonds. The molecule has 0 aromatic heterocycles. The van der Waals surface area contributed by atoms with E-state index in [1.54, 1.807) is 36.4 Å². The highest BCUT2D eigenvalue weighted by Gasteiger charge is 2.54. The van der Waals surface area contributed by atoms with Crippen LogP contribution in [0.15, 0.2) is 63.3 Å². The molecule has 2 unspecified atom stereocenters. The summed E-state index contributed by atoms with van der Waals surface area (Å²) in [6.45, 7) is 0.391. The van der Waals surface area contributed by atoms with Crippen LogP contribution in [0.25, 0.3) is 0 Å². The van der Waals surface area contributed by atoms with E-state index < -0.39 is 12.1 Å². The highest BCUT2D eigenvalue weighted by atomic mass is 79.9. The van der Waals surface area contributed by atoms with Crippen molar-refractivity contribution in [3.63, 3.8) is 0 Å². The van der Waals surface area contributed by atoms with Crippen LogP contribution in [0.4, 0.5) is 5.69 Å². The number of nitrogens with zero attached hydrogens (tertiary/aromatic N) is 4. The van der Waals surface area contributed by atoms with Gasteiger partial charge in [-0.05, 0) is 42.0 Å². The second kappa shape index (κ2) is 6.53. The van der Waals surface area contributed by atoms with Crippen LogP contribution in [-0.2, 0) is 16.1 Å². The van der Waals surface area contributed by atoms with E-state index in [2.05, 4.69) is 26.3 Å². The van der Waals surface area contributed by atoms with Gasteiger partial charge >= 0.3 is 0 Å². The summed E-state index contributed by atoms with van der Waals surface area (Å²) in [4.78, 5) is 26.8. The predicted molar refractivity (Wildman–Crippen MR) is 97.6 cm³/mol. The van der Waals surface area contributed by atoms with Crippen molar-refractivity contribution in [3.05, 3.63) is 58.6 Å². The van der Waals surface area contributed by atoms with Crippen molar-refractivity contribution in [1.29, 1.82) is 0 Å². The number of amides is 2. The van der Waals surface area contributed by atoms with Crippen molar-refractivity contribution in [3.8, 4) is 5.75 Å². The standard InChI is InChI=1S/C18H15BrN4O3/c1-26-14-8-2-11(3-9-14)10-22-16-15(20-21-22)17(24)23(18(16)25)13-6-4-12(19)5-7-13/h2-9,15-16H,10H2,1H3. The molecule has 2 aromatic carbocycles. The molecule has 0 bridgehead atoms. The minimum atomic E-state index is -0.788. The third kappa shape index (κ3) is 2.76. The first kappa shape index (κ1) is 16.7. The van der Waals surface area contributed by atoms with Crippen LogP contribution in [0.1, 0.15) is 5.56 Å². The zero-order valence-electron chi connectivity index (χ0n) is 13.9. The van der Waals surface area contributed by atoms with E-state index in [4.69, 9.17) is 4.74 Å². The normalized spacial score (nSPS) is 21.5. The SMILES string of the molecule is COc1ccc(CN2N=NC3C(=O)N(c4ccc(Br)cc4)C(=O)C32)cc1. The molecule has 132 valence electrons. The Bertz CT molecular complexity index is 882. The van der Waals surface area contributed by atoms with Crippen LogP contribution >= 0.6 is 15.9 Å². The highest BCUT2D eigenvalue weighted by molar-refractivity contribution is 9.10. The lowest BCUT2D eigenvalue weighted by Crippen LogP contribution is -2.39. The molecular weight excluding hydrogens is 400 g/mol. The summed E-state index contributed by atoms with van der Waals surface area (Å²) in [6, 6.07) is 13.0. The number of hydrogen-bond acceptors (Lipinski definition) is 6. The van der Waals surface area contributed by atoms with Crippen LogP contribution in [0, 0.1) is 0 Å². The van der Waals surface area contributed by atoms with Crippen molar-refractivity contribution >= 4 is 33.4 Å². The van der Waals surface area contributed by atoms with Crippen LogP contribution in [0.2, 0.25) is 0 Å². The van der Waals surface area contributed by atoms with E-state index in [-0.39, 0.29) is 11.8 Å². The number of carbonyl (C=O) groups is 2. The number of halogens is 1. The van der Waals surface area contributed by atoms with Gasteiger partial charge in [0.05, 0.1) is 19.3 Å². The number of ether oxygens (including phenoxy) is 1. The summed E-state index contributed by atoms with van der Waals surface area (Å²) >= 11 is 3.35. The van der Waals surface area contributed by atoms with Crippen molar-refractivity contribution in [2.24, 2.45) is 10.3 Å². The molecule has 2 heterocycles. The predicted octanol–water partition coefficient (Wildman–Crippen LogP) is 2.95. The first-order valence-corrected chi connectivity index (χ1v) is 8.81. The van der Waals surface area contributed by atoms with E-state index in [1.165, 1.54) is 4.90 Å². The van der Waals surface area contributed by atoms with Gasteiger partial charge in [0.25, 0.3) is 11.8 Å². The number of carbonyl (C=O) groups excluding carboxylic acids is 2. The molecule has 0 spiro atoms. The summed E-state index contributed by atoms with van der Waals surface area (Å²) in [5, 5.41) is 9.67. The van der Waals surface area contributed by atoms with Gasteiger partial charge in [0, 0.05) is 4.47 Å². The Hall–Kier alpha value is -2.74. The molecule has 1 fully saturated rings. The molecule has 0 radical (unpaired) electrons. The number of benzene rings is 2. The number of imide groups is 1. The van der Waals surface area contributed by atoms with E-state index >= 15 is 0 Å². The Morgan fingerprint density at radius 3 is 2.38 bits per heavy atom. The van der Waals surface area contributed by atoms with Gasteiger partial charge in [-0.3, -0.25) is 14.6 Å². The molecule has 0 aliphatic carbocycles. The molecule has 2 aliphatic rings. The molecule has 2 aromatic rings. The number of methoxy groups -OCH3 is 1. The van der Waals surface area contributed by atoms with Gasteiger partial charge in [-0.25, -0.2) is 4.90 Å².